The Bertz CT molecular complexity index is 674. The van der Waals surface area contributed by atoms with Gasteiger partial charge in [0.15, 0.2) is 0 Å². The number of carbonyl (C=O) groups is 1. The van der Waals surface area contributed by atoms with Crippen molar-refractivity contribution in [3.63, 3.8) is 0 Å². The Labute approximate surface area is 150 Å². The van der Waals surface area contributed by atoms with Gasteiger partial charge < -0.3 is 15.1 Å². The van der Waals surface area contributed by atoms with Crippen LogP contribution in [0.1, 0.15) is 18.4 Å². The van der Waals surface area contributed by atoms with Crippen molar-refractivity contribution in [3.05, 3.63) is 60.2 Å². The second kappa shape index (κ2) is 8.06. The smallest absolute Gasteiger partial charge is 0.321 e. The van der Waals surface area contributed by atoms with E-state index in [0.29, 0.717) is 5.92 Å². The lowest BCUT2D eigenvalue weighted by atomic mass is 9.90. The Balaban J connectivity index is 1.48. The van der Waals surface area contributed by atoms with Gasteiger partial charge in [0.1, 0.15) is 0 Å². The summed E-state index contributed by atoms with van der Waals surface area (Å²) in [4.78, 5) is 16.4. The lowest BCUT2D eigenvalue weighted by Gasteiger charge is -2.32. The van der Waals surface area contributed by atoms with Gasteiger partial charge in [-0.3, -0.25) is 0 Å². The number of likely N-dealkylation sites (tertiary alicyclic amines) is 1. The summed E-state index contributed by atoms with van der Waals surface area (Å²) in [6.07, 6.45) is 3.26. The quantitative estimate of drug-likeness (QED) is 0.906. The van der Waals surface area contributed by atoms with Crippen LogP contribution in [0.2, 0.25) is 0 Å². The zero-order valence-corrected chi connectivity index (χ0v) is 15.1. The average Bonchev–Trinajstić information content (AvgIpc) is 2.63. The standard InChI is InChI=1S/C21H27N3O/c1-23(2)20-10-8-19(9-11-20)22-21(25)24-14-12-18(13-15-24)16-17-6-4-3-5-7-17/h3-11,18H,12-16H2,1-2H3,(H,22,25). The van der Waals surface area contributed by atoms with Crippen LogP contribution < -0.4 is 10.2 Å². The lowest BCUT2D eigenvalue weighted by molar-refractivity contribution is 0.182. The van der Waals surface area contributed by atoms with Gasteiger partial charge in [0, 0.05) is 38.6 Å². The van der Waals surface area contributed by atoms with Crippen molar-refractivity contribution in [3.8, 4) is 0 Å². The lowest BCUT2D eigenvalue weighted by Crippen LogP contribution is -2.41. The highest BCUT2D eigenvalue weighted by Gasteiger charge is 2.22. The predicted molar refractivity (Wildman–Crippen MR) is 104 cm³/mol. The minimum absolute atomic E-state index is 0.00997. The summed E-state index contributed by atoms with van der Waals surface area (Å²) in [5, 5.41) is 3.01. The highest BCUT2D eigenvalue weighted by atomic mass is 16.2. The molecular formula is C21H27N3O. The van der Waals surface area contributed by atoms with Gasteiger partial charge in [0.25, 0.3) is 0 Å². The van der Waals surface area contributed by atoms with E-state index >= 15 is 0 Å². The summed E-state index contributed by atoms with van der Waals surface area (Å²) >= 11 is 0. The number of urea groups is 1. The minimum atomic E-state index is 0.00997. The van der Waals surface area contributed by atoms with E-state index in [4.69, 9.17) is 0 Å². The zero-order chi connectivity index (χ0) is 17.6. The van der Waals surface area contributed by atoms with Gasteiger partial charge in [-0.05, 0) is 55.0 Å². The highest BCUT2D eigenvalue weighted by molar-refractivity contribution is 5.89. The Morgan fingerprint density at radius 2 is 1.68 bits per heavy atom. The number of piperidine rings is 1. The average molecular weight is 337 g/mol. The molecule has 2 aromatic rings. The molecule has 0 spiro atoms. The van der Waals surface area contributed by atoms with E-state index in [1.807, 2.05) is 48.2 Å². The van der Waals surface area contributed by atoms with Crippen molar-refractivity contribution in [2.45, 2.75) is 19.3 Å². The molecule has 1 aliphatic rings. The molecule has 1 saturated heterocycles. The number of hydrogen-bond acceptors (Lipinski definition) is 2. The van der Waals surface area contributed by atoms with Crippen LogP contribution in [-0.2, 0) is 6.42 Å². The predicted octanol–water partition coefficient (Wildman–Crippen LogP) is 4.24. The topological polar surface area (TPSA) is 35.6 Å². The molecule has 25 heavy (non-hydrogen) atoms. The van der Waals surface area contributed by atoms with Gasteiger partial charge in [-0.1, -0.05) is 30.3 Å². The molecule has 4 heteroatoms. The Morgan fingerprint density at radius 3 is 2.28 bits per heavy atom. The maximum atomic E-state index is 12.5. The fourth-order valence-corrected chi connectivity index (χ4v) is 3.33. The van der Waals surface area contributed by atoms with Gasteiger partial charge in [-0.15, -0.1) is 0 Å². The summed E-state index contributed by atoms with van der Waals surface area (Å²) in [6.45, 7) is 1.66. The maximum Gasteiger partial charge on any atom is 0.321 e. The van der Waals surface area contributed by atoms with Gasteiger partial charge in [0.05, 0.1) is 0 Å². The SMILES string of the molecule is CN(C)c1ccc(NC(=O)N2CCC(Cc3ccccc3)CC2)cc1. The van der Waals surface area contributed by atoms with E-state index < -0.39 is 0 Å². The largest absolute Gasteiger partial charge is 0.378 e. The molecule has 2 aromatic carbocycles. The van der Waals surface area contributed by atoms with Crippen LogP contribution >= 0.6 is 0 Å². The van der Waals surface area contributed by atoms with E-state index in [1.165, 1.54) is 5.56 Å². The van der Waals surface area contributed by atoms with E-state index in [0.717, 1.165) is 43.7 Å². The van der Waals surface area contributed by atoms with Crippen LogP contribution in [0.15, 0.2) is 54.6 Å². The molecule has 2 amide bonds. The number of nitrogens with zero attached hydrogens (tertiary/aromatic N) is 2. The Kier molecular flexibility index (Phi) is 5.59. The fourth-order valence-electron chi connectivity index (χ4n) is 3.33. The molecular weight excluding hydrogens is 310 g/mol. The molecule has 132 valence electrons. The summed E-state index contributed by atoms with van der Waals surface area (Å²) < 4.78 is 0. The second-order valence-electron chi connectivity index (χ2n) is 6.99. The minimum Gasteiger partial charge on any atom is -0.378 e. The second-order valence-corrected chi connectivity index (χ2v) is 6.99. The molecule has 0 aliphatic carbocycles. The number of amides is 2. The number of rotatable bonds is 4. The maximum absolute atomic E-state index is 12.5. The normalized spacial score (nSPS) is 15.0. The van der Waals surface area contributed by atoms with Crippen LogP contribution in [0.25, 0.3) is 0 Å². The van der Waals surface area contributed by atoms with Crippen LogP contribution in [0.3, 0.4) is 0 Å². The monoisotopic (exact) mass is 337 g/mol. The number of hydrogen-bond donors (Lipinski definition) is 1. The van der Waals surface area contributed by atoms with E-state index in [9.17, 15) is 4.79 Å². The molecule has 1 N–H and O–H groups in total. The number of anilines is 2. The van der Waals surface area contributed by atoms with Gasteiger partial charge in [0.2, 0.25) is 0 Å². The molecule has 1 heterocycles. The molecule has 0 saturated carbocycles. The van der Waals surface area contributed by atoms with Crippen molar-refractivity contribution < 1.29 is 4.79 Å². The zero-order valence-electron chi connectivity index (χ0n) is 15.1. The molecule has 0 bridgehead atoms. The summed E-state index contributed by atoms with van der Waals surface area (Å²) in [7, 11) is 4.01. The number of benzene rings is 2. The van der Waals surface area contributed by atoms with Crippen LogP contribution in [0.5, 0.6) is 0 Å². The first-order valence-electron chi connectivity index (χ1n) is 8.99. The van der Waals surface area contributed by atoms with Crippen molar-refractivity contribution >= 4 is 17.4 Å². The third-order valence-corrected chi connectivity index (χ3v) is 4.90. The first kappa shape index (κ1) is 17.3. The summed E-state index contributed by atoms with van der Waals surface area (Å²) in [6, 6.07) is 18.6. The fraction of sp³-hybridized carbons (Fsp3) is 0.381. The molecule has 0 aromatic heterocycles. The van der Waals surface area contributed by atoms with Crippen molar-refractivity contribution in [1.82, 2.24) is 4.90 Å². The molecule has 3 rings (SSSR count). The number of carbonyl (C=O) groups excluding carboxylic acids is 1. The van der Waals surface area contributed by atoms with Gasteiger partial charge in [-0.2, -0.15) is 0 Å². The van der Waals surface area contributed by atoms with Gasteiger partial charge in [-0.25, -0.2) is 4.79 Å². The van der Waals surface area contributed by atoms with E-state index in [-0.39, 0.29) is 6.03 Å². The molecule has 1 fully saturated rings. The van der Waals surface area contributed by atoms with Crippen molar-refractivity contribution in [2.24, 2.45) is 5.92 Å². The van der Waals surface area contributed by atoms with Crippen LogP contribution in [0.4, 0.5) is 16.2 Å². The summed E-state index contributed by atoms with van der Waals surface area (Å²) in [5.74, 6) is 0.672. The molecule has 0 unspecified atom stereocenters. The molecule has 1 aliphatic heterocycles. The van der Waals surface area contributed by atoms with E-state index in [2.05, 4.69) is 35.6 Å². The van der Waals surface area contributed by atoms with E-state index in [1.54, 1.807) is 0 Å². The Morgan fingerprint density at radius 1 is 1.04 bits per heavy atom. The third-order valence-electron chi connectivity index (χ3n) is 4.90. The molecule has 0 radical (unpaired) electrons. The van der Waals surface area contributed by atoms with Gasteiger partial charge >= 0.3 is 6.03 Å². The van der Waals surface area contributed by atoms with Crippen molar-refractivity contribution in [1.29, 1.82) is 0 Å². The van der Waals surface area contributed by atoms with Crippen LogP contribution in [-0.4, -0.2) is 38.1 Å². The molecule has 0 atom stereocenters. The Hall–Kier alpha value is -2.49. The first-order valence-corrected chi connectivity index (χ1v) is 8.99. The summed E-state index contributed by atoms with van der Waals surface area (Å²) in [5.41, 5.74) is 3.37. The first-order chi connectivity index (χ1) is 12.1. The molecule has 4 nitrogen and oxygen atoms in total. The third kappa shape index (κ3) is 4.75. The highest BCUT2D eigenvalue weighted by Crippen LogP contribution is 2.22. The van der Waals surface area contributed by atoms with Crippen molar-refractivity contribution in [2.75, 3.05) is 37.4 Å². The number of nitrogens with one attached hydrogen (secondary N) is 1. The van der Waals surface area contributed by atoms with Crippen LogP contribution in [0, 0.1) is 5.92 Å².